The predicted octanol–water partition coefficient (Wildman–Crippen LogP) is 3.59. The molecule has 0 fully saturated rings. The first-order valence-electron chi connectivity index (χ1n) is 6.49. The third kappa shape index (κ3) is 3.33. The molecule has 0 radical (unpaired) electrons. The maximum atomic E-state index is 10.8. The Morgan fingerprint density at radius 3 is 2.48 bits per heavy atom. The zero-order valence-electron chi connectivity index (χ0n) is 12.1. The third-order valence-electron chi connectivity index (χ3n) is 3.53. The molecule has 1 aromatic carbocycles. The Hall–Kier alpha value is -1.66. The van der Waals surface area contributed by atoms with E-state index in [0.717, 1.165) is 11.1 Å². The van der Waals surface area contributed by atoms with Crippen LogP contribution in [-0.4, -0.2) is 20.7 Å². The number of nitrogens with zero attached hydrogens (tertiary/aromatic N) is 1. The van der Waals surface area contributed by atoms with Crippen molar-refractivity contribution in [3.05, 3.63) is 43.2 Å². The number of hydrogen-bond donors (Lipinski definition) is 2. The second-order valence-corrected chi connectivity index (χ2v) is 6.86. The van der Waals surface area contributed by atoms with E-state index in [1.54, 1.807) is 0 Å². The van der Waals surface area contributed by atoms with E-state index in [1.807, 2.05) is 6.92 Å². The van der Waals surface area contributed by atoms with Crippen molar-refractivity contribution in [2.45, 2.75) is 33.7 Å². The van der Waals surface area contributed by atoms with Gasteiger partial charge in [-0.25, -0.2) is 0 Å². The number of benzene rings is 1. The summed E-state index contributed by atoms with van der Waals surface area (Å²) in [6, 6.07) is 4.23. The summed E-state index contributed by atoms with van der Waals surface area (Å²) in [7, 11) is 0. The number of carbonyl (C=O) groups is 1. The predicted molar refractivity (Wildman–Crippen MR) is 85.9 cm³/mol. The normalized spacial score (nSPS) is 10.8. The zero-order valence-corrected chi connectivity index (χ0v) is 13.8. The summed E-state index contributed by atoms with van der Waals surface area (Å²) < 4.78 is 1.64. The van der Waals surface area contributed by atoms with Crippen molar-refractivity contribution in [1.29, 1.82) is 0 Å². The van der Waals surface area contributed by atoms with Crippen molar-refractivity contribution in [3.63, 3.8) is 0 Å². The molecule has 0 amide bonds. The molecule has 0 aliphatic rings. The van der Waals surface area contributed by atoms with E-state index in [2.05, 4.69) is 26.0 Å². The maximum Gasteiger partial charge on any atom is 0.323 e. The van der Waals surface area contributed by atoms with Gasteiger partial charge in [-0.3, -0.25) is 9.36 Å². The van der Waals surface area contributed by atoms with E-state index in [-0.39, 0.29) is 12.4 Å². The number of aryl methyl sites for hydroxylation is 3. The molecule has 2 N–H and O–H groups in total. The molecule has 0 saturated heterocycles. The van der Waals surface area contributed by atoms with Crippen molar-refractivity contribution in [3.8, 4) is 5.88 Å². The highest BCUT2D eigenvalue weighted by molar-refractivity contribution is 7.73. The van der Waals surface area contributed by atoms with E-state index in [9.17, 15) is 9.90 Å². The van der Waals surface area contributed by atoms with Crippen LogP contribution in [0.15, 0.2) is 12.1 Å². The van der Waals surface area contributed by atoms with Gasteiger partial charge in [0.1, 0.15) is 6.54 Å². The van der Waals surface area contributed by atoms with Crippen molar-refractivity contribution in [1.82, 2.24) is 4.57 Å². The van der Waals surface area contributed by atoms with Gasteiger partial charge in [0, 0.05) is 6.42 Å². The number of aromatic hydroxyl groups is 1. The average Bonchev–Trinajstić information content (AvgIpc) is 2.63. The highest BCUT2D eigenvalue weighted by Gasteiger charge is 2.15. The van der Waals surface area contributed by atoms with Crippen LogP contribution < -0.4 is 0 Å². The molecule has 0 atom stereocenters. The molecule has 0 aliphatic heterocycles. The Morgan fingerprint density at radius 2 is 1.86 bits per heavy atom. The van der Waals surface area contributed by atoms with Crippen molar-refractivity contribution >= 4 is 29.5 Å². The summed E-state index contributed by atoms with van der Waals surface area (Å²) in [6.45, 7) is 5.84. The minimum atomic E-state index is -1.02. The van der Waals surface area contributed by atoms with Crippen LogP contribution in [0.1, 0.15) is 27.1 Å². The van der Waals surface area contributed by atoms with E-state index in [0.29, 0.717) is 15.3 Å². The molecule has 1 heterocycles. The number of aromatic nitrogens is 1. The van der Waals surface area contributed by atoms with Gasteiger partial charge in [0.25, 0.3) is 0 Å². The van der Waals surface area contributed by atoms with Crippen LogP contribution >= 0.6 is 23.6 Å². The first-order valence-corrected chi connectivity index (χ1v) is 7.72. The first kappa shape index (κ1) is 15.7. The second-order valence-electron chi connectivity index (χ2n) is 5.13. The molecule has 0 aliphatic carbocycles. The summed E-state index contributed by atoms with van der Waals surface area (Å²) in [5.74, 6) is -1.06. The minimum absolute atomic E-state index is 0.0370. The number of carboxylic acids is 1. The quantitative estimate of drug-likeness (QED) is 0.844. The molecule has 0 bridgehead atoms. The summed E-state index contributed by atoms with van der Waals surface area (Å²) in [5, 5.41) is 19.0. The van der Waals surface area contributed by atoms with Crippen molar-refractivity contribution < 1.29 is 15.0 Å². The molecule has 0 unspecified atom stereocenters. The molecular formula is C15H17NO3S2. The van der Waals surface area contributed by atoms with Crippen molar-refractivity contribution in [2.24, 2.45) is 0 Å². The number of carboxylic acid groups (broad SMARTS) is 1. The molecule has 1 aromatic heterocycles. The highest BCUT2D eigenvalue weighted by atomic mass is 32.1. The van der Waals surface area contributed by atoms with Crippen LogP contribution in [0.25, 0.3) is 0 Å². The first-order chi connectivity index (χ1) is 9.79. The Morgan fingerprint density at radius 1 is 1.24 bits per heavy atom. The molecular weight excluding hydrogens is 306 g/mol. The zero-order chi connectivity index (χ0) is 15.7. The van der Waals surface area contributed by atoms with Crippen LogP contribution in [0.2, 0.25) is 0 Å². The topological polar surface area (TPSA) is 62.5 Å². The molecule has 112 valence electrons. The van der Waals surface area contributed by atoms with Crippen LogP contribution in [0, 0.1) is 24.7 Å². The Bertz CT molecular complexity index is 759. The highest BCUT2D eigenvalue weighted by Crippen LogP contribution is 2.30. The van der Waals surface area contributed by atoms with Gasteiger partial charge in [-0.1, -0.05) is 12.1 Å². The monoisotopic (exact) mass is 323 g/mol. The standard InChI is InChI=1S/C15H17NO3S2/c1-8-4-10(3)11(5-9(8)2)6-12-14(19)16(7-13(17)18)15(20)21-12/h4-5,19H,6-7H2,1-3H3,(H,17,18). The smallest absolute Gasteiger partial charge is 0.323 e. The van der Waals surface area contributed by atoms with Gasteiger partial charge < -0.3 is 10.2 Å². The van der Waals surface area contributed by atoms with Crippen LogP contribution in [0.3, 0.4) is 0 Å². The Labute approximate surface area is 132 Å². The lowest BCUT2D eigenvalue weighted by Gasteiger charge is -2.09. The minimum Gasteiger partial charge on any atom is -0.494 e. The van der Waals surface area contributed by atoms with Gasteiger partial charge >= 0.3 is 5.97 Å². The summed E-state index contributed by atoms with van der Waals surface area (Å²) >= 11 is 6.39. The van der Waals surface area contributed by atoms with Crippen LogP contribution in [0.4, 0.5) is 0 Å². The fourth-order valence-corrected chi connectivity index (χ4v) is 3.57. The van der Waals surface area contributed by atoms with E-state index in [1.165, 1.54) is 27.0 Å². The SMILES string of the molecule is Cc1cc(C)c(Cc2sc(=S)n(CC(=O)O)c2O)cc1C. The summed E-state index contributed by atoms with van der Waals surface area (Å²) in [4.78, 5) is 11.5. The average molecular weight is 323 g/mol. The van der Waals surface area contributed by atoms with Crippen LogP contribution in [-0.2, 0) is 17.8 Å². The summed E-state index contributed by atoms with van der Waals surface area (Å²) in [6.07, 6.45) is 0.555. The lowest BCUT2D eigenvalue weighted by Crippen LogP contribution is -2.08. The number of aliphatic carboxylic acids is 1. The molecule has 2 aromatic rings. The van der Waals surface area contributed by atoms with Gasteiger partial charge in [-0.2, -0.15) is 0 Å². The van der Waals surface area contributed by atoms with Gasteiger partial charge in [-0.15, -0.1) is 11.3 Å². The van der Waals surface area contributed by atoms with E-state index < -0.39 is 5.97 Å². The largest absolute Gasteiger partial charge is 0.494 e. The lowest BCUT2D eigenvalue weighted by molar-refractivity contribution is -0.137. The molecule has 0 saturated carbocycles. The molecule has 0 spiro atoms. The maximum absolute atomic E-state index is 10.8. The number of hydrogen-bond acceptors (Lipinski definition) is 4. The van der Waals surface area contributed by atoms with Crippen LogP contribution in [0.5, 0.6) is 5.88 Å². The third-order valence-corrected chi connectivity index (χ3v) is 4.97. The number of thiazole rings is 1. The molecule has 2 rings (SSSR count). The fraction of sp³-hybridized carbons (Fsp3) is 0.333. The summed E-state index contributed by atoms with van der Waals surface area (Å²) in [5.41, 5.74) is 4.70. The lowest BCUT2D eigenvalue weighted by atomic mass is 9.98. The molecule has 4 nitrogen and oxygen atoms in total. The van der Waals surface area contributed by atoms with Gasteiger partial charge in [0.05, 0.1) is 4.88 Å². The number of rotatable bonds is 4. The Kier molecular flexibility index (Phi) is 4.49. The molecule has 21 heavy (non-hydrogen) atoms. The van der Waals surface area contributed by atoms with Gasteiger partial charge in [0.15, 0.2) is 3.95 Å². The van der Waals surface area contributed by atoms with Gasteiger partial charge in [-0.05, 0) is 55.2 Å². The second kappa shape index (κ2) is 5.99. The van der Waals surface area contributed by atoms with Crippen molar-refractivity contribution in [2.75, 3.05) is 0 Å². The Balaban J connectivity index is 2.39. The molecule has 6 heteroatoms. The van der Waals surface area contributed by atoms with E-state index in [4.69, 9.17) is 17.3 Å². The van der Waals surface area contributed by atoms with E-state index >= 15 is 0 Å². The van der Waals surface area contributed by atoms with Gasteiger partial charge in [0.2, 0.25) is 5.88 Å². The fourth-order valence-electron chi connectivity index (χ4n) is 2.22.